The first-order valence-corrected chi connectivity index (χ1v) is 10.6. The van der Waals surface area contributed by atoms with Crippen LogP contribution in [0.25, 0.3) is 0 Å². The highest BCUT2D eigenvalue weighted by Gasteiger charge is 2.15. The molecule has 1 aromatic heterocycles. The van der Waals surface area contributed by atoms with Crippen LogP contribution in [0.3, 0.4) is 0 Å². The summed E-state index contributed by atoms with van der Waals surface area (Å²) in [5, 5.41) is 2.77. The van der Waals surface area contributed by atoms with Gasteiger partial charge < -0.3 is 5.32 Å². The number of thiophene rings is 1. The lowest BCUT2D eigenvalue weighted by molar-refractivity contribution is 0.103. The van der Waals surface area contributed by atoms with Crippen molar-refractivity contribution in [3.05, 3.63) is 75.5 Å². The van der Waals surface area contributed by atoms with Crippen LogP contribution in [-0.2, 0) is 10.0 Å². The summed E-state index contributed by atoms with van der Waals surface area (Å²) in [5.41, 5.74) is 3.16. The molecule has 0 radical (unpaired) electrons. The number of rotatable bonds is 5. The highest BCUT2D eigenvalue weighted by atomic mass is 32.2. The number of carbonyl (C=O) groups excluding carboxylic acids is 1. The molecule has 2 aromatic carbocycles. The normalized spacial score (nSPS) is 11.2. The van der Waals surface area contributed by atoms with Crippen LogP contribution in [0.2, 0.25) is 0 Å². The van der Waals surface area contributed by atoms with E-state index in [1.165, 1.54) is 23.5 Å². The van der Waals surface area contributed by atoms with Crippen LogP contribution in [0.1, 0.15) is 25.7 Å². The number of carbonyl (C=O) groups is 1. The van der Waals surface area contributed by atoms with Crippen LogP contribution in [0.4, 0.5) is 11.4 Å². The topological polar surface area (TPSA) is 75.3 Å². The molecule has 0 spiro atoms. The Bertz CT molecular complexity index is 1080. The molecule has 1 amide bonds. The molecule has 3 rings (SSSR count). The Hall–Kier alpha value is -2.64. The van der Waals surface area contributed by atoms with Crippen LogP contribution in [0, 0.1) is 20.8 Å². The quantitative estimate of drug-likeness (QED) is 0.650. The van der Waals surface area contributed by atoms with Crippen molar-refractivity contribution < 1.29 is 13.2 Å². The lowest BCUT2D eigenvalue weighted by Crippen LogP contribution is -2.14. The number of hydrogen-bond donors (Lipinski definition) is 2. The van der Waals surface area contributed by atoms with Crippen LogP contribution in [0.5, 0.6) is 0 Å². The van der Waals surface area contributed by atoms with E-state index in [1.54, 1.807) is 30.3 Å². The van der Waals surface area contributed by atoms with Crippen molar-refractivity contribution in [3.63, 3.8) is 0 Å². The minimum atomic E-state index is -3.70. The molecule has 140 valence electrons. The summed E-state index contributed by atoms with van der Waals surface area (Å²) in [6.45, 7) is 5.83. The van der Waals surface area contributed by atoms with Gasteiger partial charge in [0.15, 0.2) is 0 Å². The van der Waals surface area contributed by atoms with Gasteiger partial charge in [-0.05, 0) is 80.4 Å². The molecule has 2 N–H and O–H groups in total. The van der Waals surface area contributed by atoms with Crippen molar-refractivity contribution in [1.82, 2.24) is 0 Å². The Balaban J connectivity index is 1.73. The second-order valence-corrected chi connectivity index (χ2v) is 9.26. The van der Waals surface area contributed by atoms with Gasteiger partial charge in [-0.1, -0.05) is 6.07 Å². The van der Waals surface area contributed by atoms with Gasteiger partial charge in [0.05, 0.1) is 9.77 Å². The summed E-state index contributed by atoms with van der Waals surface area (Å²) in [6.07, 6.45) is 0. The van der Waals surface area contributed by atoms with Gasteiger partial charge in [0.25, 0.3) is 15.9 Å². The molecule has 3 aromatic rings. The fourth-order valence-electron chi connectivity index (χ4n) is 2.49. The van der Waals surface area contributed by atoms with Gasteiger partial charge in [-0.25, -0.2) is 8.42 Å². The Morgan fingerprint density at radius 1 is 0.852 bits per heavy atom. The predicted molar refractivity (Wildman–Crippen MR) is 110 cm³/mol. The lowest BCUT2D eigenvalue weighted by atomic mass is 10.1. The maximum Gasteiger partial charge on any atom is 0.265 e. The summed E-state index contributed by atoms with van der Waals surface area (Å²) < 4.78 is 27.7. The third-order valence-corrected chi connectivity index (χ3v) is 6.54. The number of aryl methyl sites for hydroxylation is 3. The zero-order valence-corrected chi connectivity index (χ0v) is 16.9. The monoisotopic (exact) mass is 400 g/mol. The van der Waals surface area contributed by atoms with Gasteiger partial charge in [0.1, 0.15) is 0 Å². The number of sulfonamides is 1. The third kappa shape index (κ3) is 4.56. The largest absolute Gasteiger partial charge is 0.321 e. The van der Waals surface area contributed by atoms with E-state index in [0.717, 1.165) is 16.0 Å². The summed E-state index contributed by atoms with van der Waals surface area (Å²) in [7, 11) is -3.70. The van der Waals surface area contributed by atoms with Crippen molar-refractivity contribution in [2.45, 2.75) is 25.7 Å². The summed E-state index contributed by atoms with van der Waals surface area (Å²) >= 11 is 1.41. The standard InChI is InChI=1S/C20H20N2O3S2/c1-13-4-6-17(12-14(13)2)22-27(24,25)18-9-7-16(8-10-18)21-20(23)19-11-5-15(3)26-19/h4-12,22H,1-3H3,(H,21,23). The first-order valence-electron chi connectivity index (χ1n) is 8.32. The fourth-order valence-corrected chi connectivity index (χ4v) is 4.30. The zero-order valence-electron chi connectivity index (χ0n) is 15.2. The predicted octanol–water partition coefficient (Wildman–Crippen LogP) is 4.73. The van der Waals surface area contributed by atoms with E-state index < -0.39 is 10.0 Å². The van der Waals surface area contributed by atoms with Crippen LogP contribution >= 0.6 is 11.3 Å². The summed E-state index contributed by atoms with van der Waals surface area (Å²) in [5.74, 6) is -0.211. The minimum Gasteiger partial charge on any atom is -0.321 e. The number of hydrogen-bond acceptors (Lipinski definition) is 4. The van der Waals surface area contributed by atoms with Crippen LogP contribution in [-0.4, -0.2) is 14.3 Å². The average Bonchev–Trinajstić information content (AvgIpc) is 3.05. The fraction of sp³-hybridized carbons (Fsp3) is 0.150. The van der Waals surface area contributed by atoms with Crippen molar-refractivity contribution >= 4 is 38.6 Å². The second-order valence-electron chi connectivity index (χ2n) is 6.29. The summed E-state index contributed by atoms with van der Waals surface area (Å²) in [4.78, 5) is 14.0. The SMILES string of the molecule is Cc1ccc(C(=O)Nc2ccc(S(=O)(=O)Nc3ccc(C)c(C)c3)cc2)s1. The molecule has 0 atom stereocenters. The Morgan fingerprint density at radius 2 is 1.52 bits per heavy atom. The number of nitrogens with one attached hydrogen (secondary N) is 2. The molecule has 0 saturated carbocycles. The van der Waals surface area contributed by atoms with Gasteiger partial charge in [-0.15, -0.1) is 11.3 Å². The van der Waals surface area contributed by atoms with Gasteiger partial charge in [-0.2, -0.15) is 0 Å². The molecule has 1 heterocycles. The molecule has 0 aliphatic rings. The van der Waals surface area contributed by atoms with Crippen molar-refractivity contribution in [2.75, 3.05) is 10.0 Å². The molecule has 7 heteroatoms. The van der Waals surface area contributed by atoms with Gasteiger partial charge >= 0.3 is 0 Å². The second kappa shape index (κ2) is 7.54. The van der Waals surface area contributed by atoms with E-state index in [-0.39, 0.29) is 10.8 Å². The zero-order chi connectivity index (χ0) is 19.6. The number of amides is 1. The highest BCUT2D eigenvalue weighted by Crippen LogP contribution is 2.21. The Labute approximate surface area is 163 Å². The van der Waals surface area contributed by atoms with E-state index in [0.29, 0.717) is 16.3 Å². The Kier molecular flexibility index (Phi) is 5.34. The third-order valence-electron chi connectivity index (χ3n) is 4.15. The van der Waals surface area contributed by atoms with E-state index in [9.17, 15) is 13.2 Å². The molecule has 27 heavy (non-hydrogen) atoms. The number of anilines is 2. The maximum atomic E-state index is 12.6. The maximum absolute atomic E-state index is 12.6. The lowest BCUT2D eigenvalue weighted by Gasteiger charge is -2.10. The van der Waals surface area contributed by atoms with Crippen molar-refractivity contribution in [3.8, 4) is 0 Å². The number of benzene rings is 2. The first kappa shape index (κ1) is 19.1. The summed E-state index contributed by atoms with van der Waals surface area (Å²) in [6, 6.07) is 15.1. The molecular weight excluding hydrogens is 380 g/mol. The molecular formula is C20H20N2O3S2. The molecule has 0 saturated heterocycles. The van der Waals surface area contributed by atoms with E-state index >= 15 is 0 Å². The smallest absolute Gasteiger partial charge is 0.265 e. The van der Waals surface area contributed by atoms with Gasteiger partial charge in [-0.3, -0.25) is 9.52 Å². The van der Waals surface area contributed by atoms with E-state index in [4.69, 9.17) is 0 Å². The van der Waals surface area contributed by atoms with Crippen molar-refractivity contribution in [1.29, 1.82) is 0 Å². The van der Waals surface area contributed by atoms with Crippen LogP contribution < -0.4 is 10.0 Å². The molecule has 0 fully saturated rings. The van der Waals surface area contributed by atoms with Gasteiger partial charge in [0, 0.05) is 16.3 Å². The van der Waals surface area contributed by atoms with Crippen molar-refractivity contribution in [2.24, 2.45) is 0 Å². The molecule has 0 aliphatic heterocycles. The average molecular weight is 401 g/mol. The Morgan fingerprint density at radius 3 is 2.11 bits per heavy atom. The van der Waals surface area contributed by atoms with E-state index in [2.05, 4.69) is 10.0 Å². The van der Waals surface area contributed by atoms with E-state index in [1.807, 2.05) is 32.9 Å². The minimum absolute atomic E-state index is 0.130. The first-order chi connectivity index (χ1) is 12.7. The molecule has 0 bridgehead atoms. The van der Waals surface area contributed by atoms with Gasteiger partial charge in [0.2, 0.25) is 0 Å². The molecule has 0 aliphatic carbocycles. The van der Waals surface area contributed by atoms with Crippen LogP contribution in [0.15, 0.2) is 59.5 Å². The molecule has 5 nitrogen and oxygen atoms in total. The molecule has 0 unspecified atom stereocenters. The highest BCUT2D eigenvalue weighted by molar-refractivity contribution is 7.92.